The Morgan fingerprint density at radius 1 is 1.53 bits per heavy atom. The van der Waals surface area contributed by atoms with E-state index in [1.165, 1.54) is 6.33 Å². The van der Waals surface area contributed by atoms with Gasteiger partial charge in [0.1, 0.15) is 0 Å². The second-order valence-corrected chi connectivity index (χ2v) is 3.72. The Morgan fingerprint density at radius 2 is 2.24 bits per heavy atom. The van der Waals surface area contributed by atoms with Crippen molar-refractivity contribution in [2.45, 2.75) is 24.8 Å². The highest BCUT2D eigenvalue weighted by atomic mass is 16.4. The molecule has 0 aromatic carbocycles. The maximum Gasteiger partial charge on any atom is 0.303 e. The summed E-state index contributed by atoms with van der Waals surface area (Å²) in [7, 11) is 0. The van der Waals surface area contributed by atoms with Crippen molar-refractivity contribution in [3.05, 3.63) is 18.2 Å². The van der Waals surface area contributed by atoms with E-state index < -0.39 is 17.9 Å². The van der Waals surface area contributed by atoms with Crippen molar-refractivity contribution in [2.24, 2.45) is 11.5 Å². The molecule has 6 N–H and O–H groups in total. The molecule has 7 nitrogen and oxygen atoms in total. The molecule has 0 bridgehead atoms. The van der Waals surface area contributed by atoms with Crippen LogP contribution in [0.15, 0.2) is 12.5 Å². The van der Waals surface area contributed by atoms with E-state index in [2.05, 4.69) is 9.97 Å². The lowest BCUT2D eigenvalue weighted by Gasteiger charge is -2.16. The first-order valence-corrected chi connectivity index (χ1v) is 5.26. The van der Waals surface area contributed by atoms with Crippen LogP contribution in [0.1, 0.15) is 24.5 Å². The molecule has 0 aliphatic rings. The second-order valence-electron chi connectivity index (χ2n) is 3.72. The molecule has 0 saturated heterocycles. The molecule has 94 valence electrons. The number of Topliss-reactive ketones (excluding diaryl/α,β-unsaturated/α-hetero) is 1. The number of H-pyrrole nitrogens is 1. The summed E-state index contributed by atoms with van der Waals surface area (Å²) in [5.41, 5.74) is 11.7. The topological polar surface area (TPSA) is 135 Å². The number of hydrogen-bond donors (Lipinski definition) is 4. The number of carbonyl (C=O) groups excluding carboxylic acids is 1. The molecule has 2 unspecified atom stereocenters. The van der Waals surface area contributed by atoms with Gasteiger partial charge >= 0.3 is 5.97 Å². The van der Waals surface area contributed by atoms with E-state index in [4.69, 9.17) is 16.6 Å². The fourth-order valence-corrected chi connectivity index (χ4v) is 1.52. The normalized spacial score (nSPS) is 14.2. The molecule has 0 aliphatic heterocycles. The van der Waals surface area contributed by atoms with E-state index in [9.17, 15) is 9.59 Å². The second kappa shape index (κ2) is 6.12. The summed E-state index contributed by atoms with van der Waals surface area (Å²) in [6.07, 6.45) is 3.01. The molecule has 2 atom stereocenters. The van der Waals surface area contributed by atoms with Gasteiger partial charge in [0, 0.05) is 19.2 Å². The van der Waals surface area contributed by atoms with Gasteiger partial charge in [-0.25, -0.2) is 4.98 Å². The van der Waals surface area contributed by atoms with Gasteiger partial charge in [-0.15, -0.1) is 0 Å². The van der Waals surface area contributed by atoms with Gasteiger partial charge < -0.3 is 21.6 Å². The van der Waals surface area contributed by atoms with Gasteiger partial charge in [-0.2, -0.15) is 0 Å². The summed E-state index contributed by atoms with van der Waals surface area (Å²) in [4.78, 5) is 29.0. The summed E-state index contributed by atoms with van der Waals surface area (Å²) in [5.74, 6) is -1.83. The molecule has 1 heterocycles. The zero-order chi connectivity index (χ0) is 12.8. The number of carboxylic acid groups (broad SMARTS) is 1. The predicted molar refractivity (Wildman–Crippen MR) is 60.2 cm³/mol. The van der Waals surface area contributed by atoms with Crippen LogP contribution in [0.5, 0.6) is 0 Å². The first kappa shape index (κ1) is 13.3. The Bertz CT molecular complexity index is 377. The number of imidazole rings is 1. The van der Waals surface area contributed by atoms with E-state index in [0.717, 1.165) is 0 Å². The number of ketones is 1. The fourth-order valence-electron chi connectivity index (χ4n) is 1.52. The van der Waals surface area contributed by atoms with Crippen molar-refractivity contribution < 1.29 is 14.7 Å². The number of rotatable bonds is 7. The average Bonchev–Trinajstić information content (AvgIpc) is 2.80. The van der Waals surface area contributed by atoms with Gasteiger partial charge in [0.2, 0.25) is 0 Å². The molecule has 0 aliphatic carbocycles. The molecule has 1 rings (SSSR count). The Balaban J connectivity index is 2.63. The van der Waals surface area contributed by atoms with Crippen LogP contribution in [0.2, 0.25) is 0 Å². The average molecular weight is 240 g/mol. The molecule has 0 radical (unpaired) electrons. The molecule has 0 spiro atoms. The zero-order valence-corrected chi connectivity index (χ0v) is 9.30. The van der Waals surface area contributed by atoms with Gasteiger partial charge in [-0.05, 0) is 6.42 Å². The molecular weight excluding hydrogens is 224 g/mol. The number of aromatic amines is 1. The summed E-state index contributed by atoms with van der Waals surface area (Å²) in [6.45, 7) is 0.102. The van der Waals surface area contributed by atoms with Crippen LogP contribution in [0.25, 0.3) is 0 Å². The molecule has 1 aromatic heterocycles. The maximum absolute atomic E-state index is 11.9. The maximum atomic E-state index is 11.9. The minimum atomic E-state index is -0.975. The standard InChI is InChI=1S/C10H16N4O3/c11-3-6(8-4-13-5-14-8)10(17)7(12)1-2-9(15)16/h4-7H,1-3,11-12H2,(H,13,14)(H,15,16). The summed E-state index contributed by atoms with van der Waals surface area (Å²) in [6, 6.07) is -0.823. The Kier molecular flexibility index (Phi) is 4.80. The van der Waals surface area contributed by atoms with Crippen LogP contribution >= 0.6 is 0 Å². The van der Waals surface area contributed by atoms with Crippen molar-refractivity contribution >= 4 is 11.8 Å². The first-order valence-electron chi connectivity index (χ1n) is 5.26. The number of hydrogen-bond acceptors (Lipinski definition) is 5. The van der Waals surface area contributed by atoms with Crippen LogP contribution in [0.3, 0.4) is 0 Å². The van der Waals surface area contributed by atoms with Crippen molar-refractivity contribution in [2.75, 3.05) is 6.54 Å². The van der Waals surface area contributed by atoms with Crippen LogP contribution in [0, 0.1) is 0 Å². The highest BCUT2D eigenvalue weighted by Gasteiger charge is 2.26. The monoisotopic (exact) mass is 240 g/mol. The Morgan fingerprint density at radius 3 is 2.71 bits per heavy atom. The van der Waals surface area contributed by atoms with Crippen LogP contribution in [0.4, 0.5) is 0 Å². The van der Waals surface area contributed by atoms with E-state index >= 15 is 0 Å². The minimum absolute atomic E-state index is 0.102. The molecular formula is C10H16N4O3. The third-order valence-corrected chi connectivity index (χ3v) is 2.49. The van der Waals surface area contributed by atoms with E-state index in [1.54, 1.807) is 6.20 Å². The van der Waals surface area contributed by atoms with Gasteiger partial charge in [-0.3, -0.25) is 9.59 Å². The molecule has 17 heavy (non-hydrogen) atoms. The van der Waals surface area contributed by atoms with Crippen molar-refractivity contribution in [3.63, 3.8) is 0 Å². The molecule has 7 heteroatoms. The highest BCUT2D eigenvalue weighted by molar-refractivity contribution is 5.90. The third kappa shape index (κ3) is 3.65. The predicted octanol–water partition coefficient (Wildman–Crippen LogP) is -0.787. The summed E-state index contributed by atoms with van der Waals surface area (Å²) >= 11 is 0. The number of aromatic nitrogens is 2. The molecule has 0 saturated carbocycles. The van der Waals surface area contributed by atoms with Gasteiger partial charge in [0.25, 0.3) is 0 Å². The zero-order valence-electron chi connectivity index (χ0n) is 9.30. The van der Waals surface area contributed by atoms with Gasteiger partial charge in [0.05, 0.1) is 24.0 Å². The quantitative estimate of drug-likeness (QED) is 0.493. The number of carboxylic acids is 1. The lowest BCUT2D eigenvalue weighted by molar-refractivity contribution is -0.137. The van der Waals surface area contributed by atoms with Gasteiger partial charge in [-0.1, -0.05) is 0 Å². The number of nitrogens with one attached hydrogen (secondary N) is 1. The Labute approximate surface area is 98.2 Å². The number of aliphatic carboxylic acids is 1. The number of nitrogens with zero attached hydrogens (tertiary/aromatic N) is 1. The smallest absolute Gasteiger partial charge is 0.303 e. The number of nitrogens with two attached hydrogens (primary N) is 2. The fraction of sp³-hybridized carbons (Fsp3) is 0.500. The van der Waals surface area contributed by atoms with E-state index in [-0.39, 0.29) is 25.2 Å². The Hall–Kier alpha value is -1.73. The largest absolute Gasteiger partial charge is 0.481 e. The van der Waals surface area contributed by atoms with Crippen molar-refractivity contribution in [1.29, 1.82) is 0 Å². The van der Waals surface area contributed by atoms with Crippen LogP contribution < -0.4 is 11.5 Å². The van der Waals surface area contributed by atoms with Crippen LogP contribution in [-0.2, 0) is 9.59 Å². The highest BCUT2D eigenvalue weighted by Crippen LogP contribution is 2.15. The third-order valence-electron chi connectivity index (χ3n) is 2.49. The van der Waals surface area contributed by atoms with Crippen LogP contribution in [-0.4, -0.2) is 39.4 Å². The SMILES string of the molecule is NCC(C(=O)C(N)CCC(=O)O)c1c[nH]cn1. The van der Waals surface area contributed by atoms with Crippen molar-refractivity contribution in [3.8, 4) is 0 Å². The van der Waals surface area contributed by atoms with E-state index in [1.807, 2.05) is 0 Å². The van der Waals surface area contributed by atoms with E-state index in [0.29, 0.717) is 5.69 Å². The van der Waals surface area contributed by atoms with Crippen molar-refractivity contribution in [1.82, 2.24) is 9.97 Å². The lowest BCUT2D eigenvalue weighted by Crippen LogP contribution is -2.37. The molecule has 0 fully saturated rings. The first-order chi connectivity index (χ1) is 8.06. The minimum Gasteiger partial charge on any atom is -0.481 e. The summed E-state index contributed by atoms with van der Waals surface area (Å²) < 4.78 is 0. The molecule has 0 amide bonds. The molecule has 1 aromatic rings. The van der Waals surface area contributed by atoms with Gasteiger partial charge in [0.15, 0.2) is 5.78 Å². The summed E-state index contributed by atoms with van der Waals surface area (Å²) in [5, 5.41) is 8.52. The number of carbonyl (C=O) groups is 2. The lowest BCUT2D eigenvalue weighted by atomic mass is 9.93.